The van der Waals surface area contributed by atoms with Gasteiger partial charge in [0.2, 0.25) is 0 Å². The average Bonchev–Trinajstić information content (AvgIpc) is 2.14. The summed E-state index contributed by atoms with van der Waals surface area (Å²) in [6, 6.07) is 0. The molecule has 2 heteroatoms. The maximum Gasteiger partial charge on any atom is 0.114 e. The Morgan fingerprint density at radius 3 is 1.42 bits per heavy atom. The predicted molar refractivity (Wildman–Crippen MR) is 85.1 cm³/mol. The molecule has 0 spiro atoms. The quantitative estimate of drug-likeness (QED) is 0.524. The van der Waals surface area contributed by atoms with Crippen molar-refractivity contribution in [2.75, 3.05) is 21.1 Å². The molecule has 114 valence electrons. The van der Waals surface area contributed by atoms with Crippen LogP contribution in [0.5, 0.6) is 0 Å². The van der Waals surface area contributed by atoms with E-state index in [0.29, 0.717) is 0 Å². The van der Waals surface area contributed by atoms with Crippen molar-refractivity contribution in [3.8, 4) is 0 Å². The summed E-state index contributed by atoms with van der Waals surface area (Å²) in [7, 11) is 6.77. The van der Waals surface area contributed by atoms with Gasteiger partial charge in [-0.2, -0.15) is 0 Å². The van der Waals surface area contributed by atoms with Crippen LogP contribution in [0.1, 0.15) is 62.3 Å². The van der Waals surface area contributed by atoms with Gasteiger partial charge in [-0.15, -0.1) is 0 Å². The molecule has 0 N–H and O–H groups in total. The van der Waals surface area contributed by atoms with Gasteiger partial charge >= 0.3 is 0 Å². The Balaban J connectivity index is 5.59. The maximum atomic E-state index is 6.32. The molecule has 0 amide bonds. The topological polar surface area (TPSA) is 9.23 Å². The highest BCUT2D eigenvalue weighted by Gasteiger charge is 2.56. The van der Waals surface area contributed by atoms with Gasteiger partial charge < -0.3 is 9.22 Å². The van der Waals surface area contributed by atoms with Crippen molar-refractivity contribution in [3.05, 3.63) is 11.3 Å². The molecular formula is C17H36NO+. The summed E-state index contributed by atoms with van der Waals surface area (Å²) in [6.45, 7) is 20.0. The van der Waals surface area contributed by atoms with E-state index < -0.39 is 0 Å². The van der Waals surface area contributed by atoms with Crippen molar-refractivity contribution >= 4 is 0 Å². The Morgan fingerprint density at radius 2 is 1.16 bits per heavy atom. The van der Waals surface area contributed by atoms with E-state index >= 15 is 0 Å². The molecule has 0 atom stereocenters. The second kappa shape index (κ2) is 5.12. The molecule has 0 aliphatic heterocycles. The Morgan fingerprint density at radius 1 is 0.789 bits per heavy atom. The third kappa shape index (κ3) is 3.34. The summed E-state index contributed by atoms with van der Waals surface area (Å²) in [5.41, 5.74) is 1.10. The van der Waals surface area contributed by atoms with Crippen LogP contribution in [0.15, 0.2) is 11.3 Å². The van der Waals surface area contributed by atoms with Crippen molar-refractivity contribution in [1.29, 1.82) is 0 Å². The van der Waals surface area contributed by atoms with Crippen LogP contribution in [-0.4, -0.2) is 36.8 Å². The zero-order valence-electron chi connectivity index (χ0n) is 15.4. The van der Waals surface area contributed by atoms with Gasteiger partial charge in [0.25, 0.3) is 0 Å². The molecular weight excluding hydrogens is 234 g/mol. The molecule has 0 aromatic carbocycles. The van der Waals surface area contributed by atoms with Gasteiger partial charge in [-0.1, -0.05) is 13.8 Å². The summed E-state index contributed by atoms with van der Waals surface area (Å²) in [5, 5.41) is 0. The first-order valence-electron chi connectivity index (χ1n) is 7.22. The summed E-state index contributed by atoms with van der Waals surface area (Å²) in [4.78, 5) is 0. The van der Waals surface area contributed by atoms with E-state index in [0.717, 1.165) is 10.2 Å². The molecule has 0 unspecified atom stereocenters. The second-order valence-electron chi connectivity index (χ2n) is 8.37. The molecule has 0 rings (SSSR count). The second-order valence-corrected chi connectivity index (χ2v) is 8.37. The van der Waals surface area contributed by atoms with Crippen LogP contribution in [0.4, 0.5) is 0 Å². The summed E-state index contributed by atoms with van der Waals surface area (Å²) >= 11 is 0. The van der Waals surface area contributed by atoms with Crippen LogP contribution >= 0.6 is 0 Å². The minimum atomic E-state index is -0.233. The van der Waals surface area contributed by atoms with Crippen molar-refractivity contribution < 1.29 is 9.22 Å². The van der Waals surface area contributed by atoms with Crippen molar-refractivity contribution in [2.45, 2.75) is 73.5 Å². The van der Waals surface area contributed by atoms with Crippen LogP contribution < -0.4 is 0 Å². The van der Waals surface area contributed by atoms with E-state index in [9.17, 15) is 0 Å². The van der Waals surface area contributed by atoms with Gasteiger partial charge in [0, 0.05) is 0 Å². The lowest BCUT2D eigenvalue weighted by molar-refractivity contribution is -0.929. The zero-order valence-corrected chi connectivity index (χ0v) is 15.4. The highest BCUT2D eigenvalue weighted by atomic mass is 16.5. The standard InChI is InChI=1S/C17H36NO/c1-13(2)14(3)19-17(8,9)15(4,5)16(6,7)18(10,11)12/h1-12H3/q+1. The van der Waals surface area contributed by atoms with Gasteiger partial charge in [0.1, 0.15) is 11.1 Å². The van der Waals surface area contributed by atoms with Crippen LogP contribution in [0.3, 0.4) is 0 Å². The Hall–Kier alpha value is -0.500. The SMILES string of the molecule is CC(C)=C(C)OC(C)(C)C(C)(C)C(C)(C)[N+](C)(C)C. The first-order chi connectivity index (χ1) is 8.08. The highest BCUT2D eigenvalue weighted by molar-refractivity contribution is 5.06. The molecule has 0 aliphatic rings. The molecule has 0 bridgehead atoms. The minimum absolute atomic E-state index is 0.00889. The van der Waals surface area contributed by atoms with E-state index in [4.69, 9.17) is 4.74 Å². The summed E-state index contributed by atoms with van der Waals surface area (Å²) in [6.07, 6.45) is 0. The van der Waals surface area contributed by atoms with Crippen LogP contribution in [0.25, 0.3) is 0 Å². The number of hydrogen-bond acceptors (Lipinski definition) is 1. The molecule has 19 heavy (non-hydrogen) atoms. The molecule has 0 aliphatic carbocycles. The van der Waals surface area contributed by atoms with E-state index in [1.807, 2.05) is 0 Å². The number of hydrogen-bond donors (Lipinski definition) is 0. The Labute approximate surface area is 121 Å². The number of rotatable bonds is 5. The lowest BCUT2D eigenvalue weighted by Gasteiger charge is -2.56. The fourth-order valence-corrected chi connectivity index (χ4v) is 2.19. The normalized spacial score (nSPS) is 14.3. The van der Waals surface area contributed by atoms with Crippen LogP contribution in [0.2, 0.25) is 0 Å². The summed E-state index contributed by atoms with van der Waals surface area (Å²) in [5.74, 6) is 1.04. The van der Waals surface area contributed by atoms with Crippen LogP contribution in [0, 0.1) is 5.41 Å². The van der Waals surface area contributed by atoms with Gasteiger partial charge in [0.15, 0.2) is 0 Å². The Kier molecular flexibility index (Phi) is 4.99. The number of ether oxygens (including phenoxy) is 1. The smallest absolute Gasteiger partial charge is 0.114 e. The van der Waals surface area contributed by atoms with Crippen molar-refractivity contribution in [2.24, 2.45) is 5.41 Å². The van der Waals surface area contributed by atoms with Crippen LogP contribution in [-0.2, 0) is 4.74 Å². The third-order valence-electron chi connectivity index (χ3n) is 5.82. The first-order valence-corrected chi connectivity index (χ1v) is 7.22. The fourth-order valence-electron chi connectivity index (χ4n) is 2.19. The van der Waals surface area contributed by atoms with E-state index in [2.05, 4.69) is 83.5 Å². The first kappa shape index (κ1) is 18.5. The molecule has 0 aromatic rings. The highest BCUT2D eigenvalue weighted by Crippen LogP contribution is 2.48. The third-order valence-corrected chi connectivity index (χ3v) is 5.82. The zero-order chi connectivity index (χ0) is 15.9. The molecule has 0 aromatic heterocycles. The monoisotopic (exact) mass is 270 g/mol. The number of nitrogens with zero attached hydrogens (tertiary/aromatic N) is 1. The van der Waals surface area contributed by atoms with Gasteiger partial charge in [-0.05, 0) is 54.0 Å². The summed E-state index contributed by atoms with van der Waals surface area (Å²) < 4.78 is 7.22. The molecule has 0 heterocycles. The minimum Gasteiger partial charge on any atom is -0.492 e. The molecule has 0 fully saturated rings. The lowest BCUT2D eigenvalue weighted by Crippen LogP contribution is -2.67. The lowest BCUT2D eigenvalue weighted by atomic mass is 9.63. The fraction of sp³-hybridized carbons (Fsp3) is 0.882. The van der Waals surface area contributed by atoms with E-state index in [-0.39, 0.29) is 16.6 Å². The molecule has 0 radical (unpaired) electrons. The maximum absolute atomic E-state index is 6.32. The number of allylic oxidation sites excluding steroid dienone is 2. The largest absolute Gasteiger partial charge is 0.492 e. The van der Waals surface area contributed by atoms with Crippen molar-refractivity contribution in [1.82, 2.24) is 0 Å². The molecule has 2 nitrogen and oxygen atoms in total. The van der Waals surface area contributed by atoms with Gasteiger partial charge in [-0.3, -0.25) is 0 Å². The molecule has 0 saturated carbocycles. The Bertz CT molecular complexity index is 350. The average molecular weight is 270 g/mol. The molecule has 0 saturated heterocycles. The predicted octanol–water partition coefficient (Wildman–Crippen LogP) is 4.61. The van der Waals surface area contributed by atoms with E-state index in [1.165, 1.54) is 5.57 Å². The number of quaternary nitrogens is 1. The van der Waals surface area contributed by atoms with Gasteiger partial charge in [-0.25, -0.2) is 0 Å². The van der Waals surface area contributed by atoms with E-state index in [1.54, 1.807) is 0 Å². The van der Waals surface area contributed by atoms with Crippen molar-refractivity contribution in [3.63, 3.8) is 0 Å². The van der Waals surface area contributed by atoms with Gasteiger partial charge in [0.05, 0.1) is 32.3 Å².